The van der Waals surface area contributed by atoms with Crippen LogP contribution in [0.2, 0.25) is 5.02 Å². The lowest BCUT2D eigenvalue weighted by atomic mass is 10.5. The lowest BCUT2D eigenvalue weighted by Gasteiger charge is -1.95. The fourth-order valence-electron chi connectivity index (χ4n) is 1.38. The third-order valence-corrected chi connectivity index (χ3v) is 4.82. The maximum atomic E-state index is 6.05. The molecule has 0 amide bonds. The Morgan fingerprint density at radius 1 is 1.44 bits per heavy atom. The van der Waals surface area contributed by atoms with Crippen molar-refractivity contribution >= 4 is 34.3 Å². The first kappa shape index (κ1) is 10.7. The fraction of sp³-hybridized carbons (Fsp3) is 0.400. The van der Waals surface area contributed by atoms with Crippen molar-refractivity contribution < 1.29 is 0 Å². The van der Waals surface area contributed by atoms with E-state index in [2.05, 4.69) is 15.5 Å². The summed E-state index contributed by atoms with van der Waals surface area (Å²) in [6, 6.07) is 2.60. The van der Waals surface area contributed by atoms with Gasteiger partial charge in [0.2, 0.25) is 0 Å². The van der Waals surface area contributed by atoms with Crippen molar-refractivity contribution in [2.75, 3.05) is 0 Å². The molecule has 0 unspecified atom stereocenters. The molecule has 1 saturated carbocycles. The van der Waals surface area contributed by atoms with Gasteiger partial charge in [-0.15, -0.1) is 21.5 Å². The van der Waals surface area contributed by atoms with E-state index in [1.165, 1.54) is 12.8 Å². The second kappa shape index (κ2) is 4.41. The van der Waals surface area contributed by atoms with Gasteiger partial charge >= 0.3 is 0 Å². The standard InChI is InChI=1S/C10H10ClN3S2/c11-7-3-4-15-9(7)10-14-13-8(16-10)5-12-6-1-2-6/h3-4,6,12H,1-2,5H2. The van der Waals surface area contributed by atoms with E-state index in [1.807, 2.05) is 11.4 Å². The Morgan fingerprint density at radius 3 is 3.00 bits per heavy atom. The SMILES string of the molecule is Clc1ccsc1-c1nnc(CNC2CC2)s1. The van der Waals surface area contributed by atoms with Gasteiger partial charge in [0.05, 0.1) is 9.90 Å². The Morgan fingerprint density at radius 2 is 2.31 bits per heavy atom. The molecule has 1 fully saturated rings. The molecule has 1 aliphatic carbocycles. The second-order valence-corrected chi connectivity index (χ2v) is 6.14. The molecule has 2 heterocycles. The maximum absolute atomic E-state index is 6.05. The Kier molecular flexibility index (Phi) is 2.93. The van der Waals surface area contributed by atoms with Gasteiger partial charge in [-0.25, -0.2) is 0 Å². The highest BCUT2D eigenvalue weighted by atomic mass is 35.5. The van der Waals surface area contributed by atoms with Gasteiger partial charge in [-0.2, -0.15) is 0 Å². The van der Waals surface area contributed by atoms with Gasteiger partial charge in [-0.3, -0.25) is 0 Å². The monoisotopic (exact) mass is 271 g/mol. The number of nitrogens with one attached hydrogen (secondary N) is 1. The molecule has 2 aromatic rings. The molecule has 0 radical (unpaired) electrons. The Bertz CT molecular complexity index is 490. The van der Waals surface area contributed by atoms with Crippen molar-refractivity contribution in [3.8, 4) is 9.88 Å². The van der Waals surface area contributed by atoms with Gasteiger partial charge in [0.25, 0.3) is 0 Å². The summed E-state index contributed by atoms with van der Waals surface area (Å²) in [5, 5.41) is 16.5. The van der Waals surface area contributed by atoms with E-state index in [0.29, 0.717) is 6.04 Å². The minimum absolute atomic E-state index is 0.706. The van der Waals surface area contributed by atoms with Crippen molar-refractivity contribution in [1.29, 1.82) is 0 Å². The van der Waals surface area contributed by atoms with Crippen LogP contribution in [-0.4, -0.2) is 16.2 Å². The van der Waals surface area contributed by atoms with Crippen molar-refractivity contribution in [2.24, 2.45) is 0 Å². The van der Waals surface area contributed by atoms with Gasteiger partial charge in [0, 0.05) is 12.6 Å². The summed E-state index contributed by atoms with van der Waals surface area (Å²) in [4.78, 5) is 1.02. The van der Waals surface area contributed by atoms with Crippen LogP contribution >= 0.6 is 34.3 Å². The summed E-state index contributed by atoms with van der Waals surface area (Å²) < 4.78 is 0. The molecule has 0 atom stereocenters. The molecular weight excluding hydrogens is 262 g/mol. The summed E-state index contributed by atoms with van der Waals surface area (Å²) in [7, 11) is 0. The average Bonchev–Trinajstić information content (AvgIpc) is 2.82. The summed E-state index contributed by atoms with van der Waals surface area (Å²) in [5.74, 6) is 0. The van der Waals surface area contributed by atoms with Gasteiger partial charge in [-0.05, 0) is 24.3 Å². The number of rotatable bonds is 4. The zero-order valence-electron chi connectivity index (χ0n) is 8.44. The predicted molar refractivity (Wildman–Crippen MR) is 68.1 cm³/mol. The Hall–Kier alpha value is -0.490. The molecule has 84 valence electrons. The number of hydrogen-bond acceptors (Lipinski definition) is 5. The normalized spacial score (nSPS) is 15.6. The minimum atomic E-state index is 0.706. The number of nitrogens with zero attached hydrogens (tertiary/aromatic N) is 2. The van der Waals surface area contributed by atoms with Crippen molar-refractivity contribution in [2.45, 2.75) is 25.4 Å². The third kappa shape index (κ3) is 2.27. The zero-order valence-corrected chi connectivity index (χ0v) is 10.8. The smallest absolute Gasteiger partial charge is 0.159 e. The summed E-state index contributed by atoms with van der Waals surface area (Å²) in [6.45, 7) is 0.825. The maximum Gasteiger partial charge on any atom is 0.159 e. The molecule has 3 nitrogen and oxygen atoms in total. The van der Waals surface area contributed by atoms with Crippen LogP contribution in [0.5, 0.6) is 0 Å². The van der Waals surface area contributed by atoms with Gasteiger partial charge in [-0.1, -0.05) is 22.9 Å². The van der Waals surface area contributed by atoms with E-state index >= 15 is 0 Å². The van der Waals surface area contributed by atoms with Crippen molar-refractivity contribution in [1.82, 2.24) is 15.5 Å². The van der Waals surface area contributed by atoms with Gasteiger partial charge in [0.1, 0.15) is 5.01 Å². The lowest BCUT2D eigenvalue weighted by Crippen LogP contribution is -2.14. The molecule has 1 N–H and O–H groups in total. The second-order valence-electron chi connectivity index (χ2n) is 3.75. The highest BCUT2D eigenvalue weighted by molar-refractivity contribution is 7.21. The number of halogens is 1. The van der Waals surface area contributed by atoms with Gasteiger partial charge in [0.15, 0.2) is 5.01 Å². The summed E-state index contributed by atoms with van der Waals surface area (Å²) in [6.07, 6.45) is 2.59. The van der Waals surface area contributed by atoms with Crippen LogP contribution in [0, 0.1) is 0 Å². The zero-order chi connectivity index (χ0) is 11.0. The minimum Gasteiger partial charge on any atom is -0.308 e. The molecule has 2 aromatic heterocycles. The van der Waals surface area contributed by atoms with E-state index in [9.17, 15) is 0 Å². The first-order valence-corrected chi connectivity index (χ1v) is 7.19. The molecule has 0 spiro atoms. The quantitative estimate of drug-likeness (QED) is 0.928. The highest BCUT2D eigenvalue weighted by Crippen LogP contribution is 2.34. The molecule has 6 heteroatoms. The Labute approximate surface area is 106 Å². The van der Waals surface area contributed by atoms with Crippen LogP contribution in [0.4, 0.5) is 0 Å². The van der Waals surface area contributed by atoms with Gasteiger partial charge < -0.3 is 5.32 Å². The average molecular weight is 272 g/mol. The first-order chi connectivity index (χ1) is 7.83. The first-order valence-electron chi connectivity index (χ1n) is 5.12. The number of hydrogen-bond donors (Lipinski definition) is 1. The molecule has 0 saturated heterocycles. The van der Waals surface area contributed by atoms with Crippen LogP contribution in [-0.2, 0) is 6.54 Å². The van der Waals surface area contributed by atoms with Crippen molar-refractivity contribution in [3.63, 3.8) is 0 Å². The summed E-state index contributed by atoms with van der Waals surface area (Å²) >= 11 is 9.28. The molecule has 0 aromatic carbocycles. The van der Waals surface area contributed by atoms with Crippen LogP contribution in [0.15, 0.2) is 11.4 Å². The van der Waals surface area contributed by atoms with Crippen LogP contribution < -0.4 is 5.32 Å². The summed E-state index contributed by atoms with van der Waals surface area (Å²) in [5.41, 5.74) is 0. The van der Waals surface area contributed by atoms with E-state index in [-0.39, 0.29) is 0 Å². The van der Waals surface area contributed by atoms with Crippen molar-refractivity contribution in [3.05, 3.63) is 21.5 Å². The largest absolute Gasteiger partial charge is 0.308 e. The van der Waals surface area contributed by atoms with E-state index in [4.69, 9.17) is 11.6 Å². The van der Waals surface area contributed by atoms with Crippen LogP contribution in [0.1, 0.15) is 17.8 Å². The molecule has 0 bridgehead atoms. The molecule has 16 heavy (non-hydrogen) atoms. The number of aromatic nitrogens is 2. The van der Waals surface area contributed by atoms with E-state index in [0.717, 1.165) is 26.5 Å². The van der Waals surface area contributed by atoms with E-state index in [1.54, 1.807) is 22.7 Å². The van der Waals surface area contributed by atoms with Crippen LogP contribution in [0.3, 0.4) is 0 Å². The molecule has 0 aliphatic heterocycles. The number of thiophene rings is 1. The Balaban J connectivity index is 1.74. The topological polar surface area (TPSA) is 37.8 Å². The molecule has 1 aliphatic rings. The molecular formula is C10H10ClN3S2. The van der Waals surface area contributed by atoms with E-state index < -0.39 is 0 Å². The highest BCUT2D eigenvalue weighted by Gasteiger charge is 2.21. The predicted octanol–water partition coefficient (Wildman–Crippen LogP) is 3.17. The third-order valence-electron chi connectivity index (χ3n) is 2.40. The molecule has 3 rings (SSSR count). The van der Waals surface area contributed by atoms with Crippen LogP contribution in [0.25, 0.3) is 9.88 Å². The lowest BCUT2D eigenvalue weighted by molar-refractivity contribution is 0.679. The fourth-order valence-corrected chi connectivity index (χ4v) is 3.48.